The molecule has 3 rings (SSSR count). The Bertz CT molecular complexity index is 1150. The molecular weight excluding hydrogens is 445 g/mol. The van der Waals surface area contributed by atoms with E-state index in [-0.39, 0.29) is 16.6 Å². The molecule has 3 nitrogen and oxygen atoms in total. The molecule has 0 amide bonds. The number of nitrogens with zero attached hydrogens (tertiary/aromatic N) is 3. The van der Waals surface area contributed by atoms with E-state index in [1.54, 1.807) is 6.07 Å². The minimum absolute atomic E-state index is 0.00440. The standard InChI is InChI=1S/C29H39ClFN3/c1-8-11-16-29(6,7)34(17-9-2)21(5)27-15-13-23-24(22-12-14-25(30)26(31)18-22)19-33(20(4)10-3)28(23)32-27/h12-15,18-20H,5,8-11,16-17H2,1-4,6-7H3/t20-/m1/s1. The Morgan fingerprint density at radius 1 is 1.18 bits per heavy atom. The molecule has 2 aromatic heterocycles. The summed E-state index contributed by atoms with van der Waals surface area (Å²) >= 11 is 5.94. The van der Waals surface area contributed by atoms with Crippen LogP contribution in [0.15, 0.2) is 43.1 Å². The molecule has 3 aromatic rings. The molecule has 2 heterocycles. The molecule has 0 aliphatic rings. The molecular formula is C29H39ClFN3. The highest BCUT2D eigenvalue weighted by atomic mass is 35.5. The summed E-state index contributed by atoms with van der Waals surface area (Å²) < 4.78 is 16.5. The minimum atomic E-state index is -0.411. The van der Waals surface area contributed by atoms with Crippen LogP contribution in [0.2, 0.25) is 5.02 Å². The lowest BCUT2D eigenvalue weighted by Crippen LogP contribution is -2.43. The number of hydrogen-bond acceptors (Lipinski definition) is 2. The first kappa shape index (κ1) is 26.3. The van der Waals surface area contributed by atoms with Crippen LogP contribution in [0, 0.1) is 5.82 Å². The molecule has 0 saturated carbocycles. The molecule has 0 radical (unpaired) electrons. The molecule has 0 fully saturated rings. The van der Waals surface area contributed by atoms with E-state index in [0.717, 1.165) is 59.4 Å². The number of hydrogen-bond donors (Lipinski definition) is 0. The molecule has 184 valence electrons. The molecule has 34 heavy (non-hydrogen) atoms. The Kier molecular flexibility index (Phi) is 8.46. The van der Waals surface area contributed by atoms with E-state index in [0.29, 0.717) is 0 Å². The molecule has 1 atom stereocenters. The van der Waals surface area contributed by atoms with Crippen molar-refractivity contribution in [2.75, 3.05) is 6.54 Å². The van der Waals surface area contributed by atoms with Crippen LogP contribution in [0.5, 0.6) is 0 Å². The third-order valence-corrected chi connectivity index (χ3v) is 7.22. The Hall–Kier alpha value is -2.33. The largest absolute Gasteiger partial charge is 0.365 e. The van der Waals surface area contributed by atoms with E-state index in [2.05, 4.69) is 75.9 Å². The van der Waals surface area contributed by atoms with Gasteiger partial charge in [-0.15, -0.1) is 0 Å². The van der Waals surface area contributed by atoms with Crippen molar-refractivity contribution >= 4 is 28.3 Å². The first-order valence-electron chi connectivity index (χ1n) is 12.6. The number of aromatic nitrogens is 2. The highest BCUT2D eigenvalue weighted by Gasteiger charge is 2.28. The van der Waals surface area contributed by atoms with Gasteiger partial charge in [-0.25, -0.2) is 9.37 Å². The first-order chi connectivity index (χ1) is 16.1. The van der Waals surface area contributed by atoms with Gasteiger partial charge in [0.1, 0.15) is 11.5 Å². The van der Waals surface area contributed by atoms with Crippen molar-refractivity contribution in [3.63, 3.8) is 0 Å². The summed E-state index contributed by atoms with van der Waals surface area (Å²) in [6, 6.07) is 9.41. The van der Waals surface area contributed by atoms with Crippen molar-refractivity contribution in [1.82, 2.24) is 14.5 Å². The van der Waals surface area contributed by atoms with E-state index in [1.165, 1.54) is 18.9 Å². The zero-order valence-corrected chi connectivity index (χ0v) is 22.3. The normalized spacial score (nSPS) is 12.8. The van der Waals surface area contributed by atoms with Gasteiger partial charge in [0.2, 0.25) is 0 Å². The SMILES string of the molecule is C=C(c1ccc2c(-c3ccc(Cl)c(F)c3)cn([C@H](C)CC)c2n1)N(CCC)C(C)(C)CCCC. The fourth-order valence-electron chi connectivity index (χ4n) is 4.62. The predicted octanol–water partition coefficient (Wildman–Crippen LogP) is 9.12. The Morgan fingerprint density at radius 2 is 1.91 bits per heavy atom. The minimum Gasteiger partial charge on any atom is -0.365 e. The summed E-state index contributed by atoms with van der Waals surface area (Å²) in [6.45, 7) is 18.8. The lowest BCUT2D eigenvalue weighted by molar-refractivity contribution is 0.182. The van der Waals surface area contributed by atoms with E-state index in [4.69, 9.17) is 16.6 Å². The van der Waals surface area contributed by atoms with Gasteiger partial charge >= 0.3 is 0 Å². The molecule has 0 spiro atoms. The highest BCUT2D eigenvalue weighted by molar-refractivity contribution is 6.30. The molecule has 0 aliphatic heterocycles. The van der Waals surface area contributed by atoms with Crippen molar-refractivity contribution in [2.24, 2.45) is 0 Å². The number of benzene rings is 1. The Balaban J connectivity index is 2.11. The molecule has 0 bridgehead atoms. The van der Waals surface area contributed by atoms with Crippen molar-refractivity contribution < 1.29 is 4.39 Å². The van der Waals surface area contributed by atoms with Gasteiger partial charge in [-0.3, -0.25) is 0 Å². The Morgan fingerprint density at radius 3 is 2.53 bits per heavy atom. The van der Waals surface area contributed by atoms with Gasteiger partial charge in [0.25, 0.3) is 0 Å². The number of rotatable bonds is 11. The summed E-state index contributed by atoms with van der Waals surface area (Å²) in [5, 5.41) is 1.14. The Labute approximate surface area is 209 Å². The van der Waals surface area contributed by atoms with Gasteiger partial charge < -0.3 is 9.47 Å². The molecule has 0 unspecified atom stereocenters. The third kappa shape index (κ3) is 5.33. The van der Waals surface area contributed by atoms with Crippen LogP contribution in [-0.2, 0) is 0 Å². The zero-order chi connectivity index (χ0) is 25.0. The molecule has 0 aliphatic carbocycles. The van der Waals surface area contributed by atoms with E-state index >= 15 is 0 Å². The second kappa shape index (κ2) is 10.9. The van der Waals surface area contributed by atoms with Gasteiger partial charge in [0.05, 0.1) is 16.4 Å². The fourth-order valence-corrected chi connectivity index (χ4v) is 4.74. The first-order valence-corrected chi connectivity index (χ1v) is 13.0. The number of fused-ring (bicyclic) bond motifs is 1. The molecule has 5 heteroatoms. The van der Waals surface area contributed by atoms with Crippen LogP contribution in [0.4, 0.5) is 4.39 Å². The number of unbranched alkanes of at least 4 members (excludes halogenated alkanes) is 1. The summed E-state index contributed by atoms with van der Waals surface area (Å²) in [4.78, 5) is 7.55. The van der Waals surface area contributed by atoms with Crippen LogP contribution >= 0.6 is 11.6 Å². The van der Waals surface area contributed by atoms with E-state index in [1.807, 2.05) is 6.07 Å². The van der Waals surface area contributed by atoms with Gasteiger partial charge in [-0.05, 0) is 69.9 Å². The average molecular weight is 484 g/mol. The number of pyridine rings is 1. The van der Waals surface area contributed by atoms with Crippen LogP contribution in [0.25, 0.3) is 27.9 Å². The van der Waals surface area contributed by atoms with Gasteiger partial charge in [-0.2, -0.15) is 0 Å². The average Bonchev–Trinajstić information content (AvgIpc) is 3.20. The highest BCUT2D eigenvalue weighted by Crippen LogP contribution is 2.36. The fraction of sp³-hybridized carbons (Fsp3) is 0.483. The summed E-state index contributed by atoms with van der Waals surface area (Å²) in [5.74, 6) is -0.411. The lowest BCUT2D eigenvalue weighted by atomic mass is 9.93. The van der Waals surface area contributed by atoms with Crippen molar-refractivity contribution in [3.05, 3.63) is 59.6 Å². The maximum absolute atomic E-state index is 14.3. The molecule has 0 N–H and O–H groups in total. The van der Waals surface area contributed by atoms with Gasteiger partial charge in [0, 0.05) is 35.3 Å². The summed E-state index contributed by atoms with van der Waals surface area (Å²) in [5.41, 5.74) is 4.52. The van der Waals surface area contributed by atoms with Crippen LogP contribution in [-0.4, -0.2) is 26.5 Å². The predicted molar refractivity (Wildman–Crippen MR) is 145 cm³/mol. The lowest BCUT2D eigenvalue weighted by Gasteiger charge is -2.41. The number of halogens is 2. The van der Waals surface area contributed by atoms with Gasteiger partial charge in [-0.1, -0.05) is 57.9 Å². The van der Waals surface area contributed by atoms with Crippen molar-refractivity contribution in [3.8, 4) is 11.1 Å². The second-order valence-corrected chi connectivity index (χ2v) is 10.3. The van der Waals surface area contributed by atoms with Crippen LogP contribution in [0.3, 0.4) is 0 Å². The monoisotopic (exact) mass is 483 g/mol. The van der Waals surface area contributed by atoms with E-state index in [9.17, 15) is 4.39 Å². The topological polar surface area (TPSA) is 21.1 Å². The van der Waals surface area contributed by atoms with Gasteiger partial charge in [0.15, 0.2) is 0 Å². The second-order valence-electron chi connectivity index (χ2n) is 9.92. The van der Waals surface area contributed by atoms with Crippen LogP contribution in [0.1, 0.15) is 85.4 Å². The third-order valence-electron chi connectivity index (χ3n) is 6.92. The maximum Gasteiger partial charge on any atom is 0.142 e. The smallest absolute Gasteiger partial charge is 0.142 e. The maximum atomic E-state index is 14.3. The molecule has 1 aromatic carbocycles. The zero-order valence-electron chi connectivity index (χ0n) is 21.6. The van der Waals surface area contributed by atoms with Crippen molar-refractivity contribution in [1.29, 1.82) is 0 Å². The van der Waals surface area contributed by atoms with Crippen LogP contribution < -0.4 is 0 Å². The van der Waals surface area contributed by atoms with E-state index < -0.39 is 5.82 Å². The summed E-state index contributed by atoms with van der Waals surface area (Å²) in [7, 11) is 0. The molecule has 0 saturated heterocycles. The van der Waals surface area contributed by atoms with Crippen molar-refractivity contribution in [2.45, 2.75) is 85.2 Å². The quantitative estimate of drug-likeness (QED) is 0.271. The summed E-state index contributed by atoms with van der Waals surface area (Å²) in [6.07, 6.45) is 7.58.